The summed E-state index contributed by atoms with van der Waals surface area (Å²) in [6.07, 6.45) is 14.6. The molecule has 47 heavy (non-hydrogen) atoms. The third kappa shape index (κ3) is 9.88. The first-order valence-electron chi connectivity index (χ1n) is 16.6. The van der Waals surface area contributed by atoms with E-state index in [-0.39, 0.29) is 5.91 Å². The summed E-state index contributed by atoms with van der Waals surface area (Å²) >= 11 is 3.28. The second-order valence-electron chi connectivity index (χ2n) is 11.6. The maximum Gasteiger partial charge on any atom is 0.265 e. The monoisotopic (exact) mass is 668 g/mol. The van der Waals surface area contributed by atoms with E-state index in [1.807, 2.05) is 73.2 Å². The van der Waals surface area contributed by atoms with Gasteiger partial charge in [-0.2, -0.15) is 0 Å². The number of hydrogen-bond acceptors (Lipinski definition) is 7. The highest BCUT2D eigenvalue weighted by Gasteiger charge is 2.22. The number of rotatable bonds is 14. The zero-order valence-electron chi connectivity index (χ0n) is 28.3. The van der Waals surface area contributed by atoms with E-state index in [1.165, 1.54) is 24.8 Å². The van der Waals surface area contributed by atoms with E-state index in [2.05, 4.69) is 48.2 Å². The number of nitrogens with two attached hydrogens (primary N) is 1. The van der Waals surface area contributed by atoms with E-state index in [0.29, 0.717) is 12.3 Å². The van der Waals surface area contributed by atoms with Crippen LogP contribution in [0.1, 0.15) is 77.2 Å². The number of fused-ring (bicyclic) bond motifs is 2. The van der Waals surface area contributed by atoms with Crippen LogP contribution in [0.2, 0.25) is 0 Å². The summed E-state index contributed by atoms with van der Waals surface area (Å²) in [6.45, 7) is 6.63. The van der Waals surface area contributed by atoms with Gasteiger partial charge in [-0.1, -0.05) is 58.6 Å². The Morgan fingerprint density at radius 2 is 1.43 bits per heavy atom. The van der Waals surface area contributed by atoms with Crippen molar-refractivity contribution in [3.05, 3.63) is 90.8 Å². The number of hydrogen-bond donors (Lipinski definition) is 2. The third-order valence-electron chi connectivity index (χ3n) is 8.42. The highest BCUT2D eigenvalue weighted by atomic mass is 32.2. The highest BCUT2D eigenvalue weighted by Crippen LogP contribution is 2.33. The average molecular weight is 669 g/mol. The average Bonchev–Trinajstić information content (AvgIpc) is 3.11. The fraction of sp³-hybridized carbons (Fsp3) is 0.359. The molecule has 8 heteroatoms. The maximum absolute atomic E-state index is 13.5. The third-order valence-corrected chi connectivity index (χ3v) is 10.00. The van der Waals surface area contributed by atoms with Crippen molar-refractivity contribution in [3.8, 4) is 5.75 Å². The van der Waals surface area contributed by atoms with Gasteiger partial charge in [0, 0.05) is 33.0 Å². The first-order chi connectivity index (χ1) is 22.9. The highest BCUT2D eigenvalue weighted by molar-refractivity contribution is 7.99. The Bertz CT molecular complexity index is 1730. The molecule has 2 aromatic heterocycles. The lowest BCUT2D eigenvalue weighted by Gasteiger charge is -2.21. The van der Waals surface area contributed by atoms with E-state index in [4.69, 9.17) is 10.5 Å². The molecule has 5 aromatic rings. The molecule has 248 valence electrons. The van der Waals surface area contributed by atoms with Crippen LogP contribution in [-0.4, -0.2) is 34.5 Å². The van der Waals surface area contributed by atoms with Crippen molar-refractivity contribution in [2.75, 3.05) is 23.6 Å². The first-order valence-corrected chi connectivity index (χ1v) is 19.0. The molecule has 0 saturated carbocycles. The number of nitrogen functional groups attached to an aromatic ring is 1. The lowest BCUT2D eigenvalue weighted by atomic mass is 9.99. The predicted octanol–water partition coefficient (Wildman–Crippen LogP) is 10.8. The number of nitrogens with one attached hydrogen (secondary N) is 1. The van der Waals surface area contributed by atoms with Gasteiger partial charge in [-0.05, 0) is 104 Å². The van der Waals surface area contributed by atoms with Crippen LogP contribution in [0.3, 0.4) is 0 Å². The van der Waals surface area contributed by atoms with E-state index < -0.39 is 6.10 Å². The fourth-order valence-electron chi connectivity index (χ4n) is 5.42. The summed E-state index contributed by atoms with van der Waals surface area (Å²) in [7, 11) is 0. The number of carbonyl (C=O) groups excluding carboxylic acids is 1. The number of pyridine rings is 2. The van der Waals surface area contributed by atoms with Gasteiger partial charge in [-0.25, -0.2) is 0 Å². The Kier molecular flexibility index (Phi) is 14.2. The lowest BCUT2D eigenvalue weighted by Crippen LogP contribution is -2.33. The SMILES string of the molecule is CCCCCCCC(Oc1ccc(C(C)CC)cc1)C(=O)Nc1c(SC)ccc2ncccc12.CSc1ccc2ncccc2c1N. The number of benzene rings is 3. The Labute approximate surface area is 288 Å². The number of unbranched alkanes of at least 4 members (excludes halogenated alkanes) is 4. The molecule has 5 rings (SSSR count). The Morgan fingerprint density at radius 1 is 0.809 bits per heavy atom. The van der Waals surface area contributed by atoms with Crippen molar-refractivity contribution in [1.82, 2.24) is 9.97 Å². The number of nitrogens with zero attached hydrogens (tertiary/aromatic N) is 2. The molecule has 0 bridgehead atoms. The van der Waals surface area contributed by atoms with Crippen LogP contribution in [0.4, 0.5) is 11.4 Å². The van der Waals surface area contributed by atoms with Gasteiger partial charge in [-0.15, -0.1) is 23.5 Å². The number of amides is 1. The quantitative estimate of drug-likeness (QED) is 0.0691. The molecule has 3 aromatic carbocycles. The van der Waals surface area contributed by atoms with Crippen molar-refractivity contribution in [1.29, 1.82) is 0 Å². The maximum atomic E-state index is 13.5. The van der Waals surface area contributed by atoms with Crippen molar-refractivity contribution < 1.29 is 9.53 Å². The van der Waals surface area contributed by atoms with Gasteiger partial charge >= 0.3 is 0 Å². The van der Waals surface area contributed by atoms with E-state index in [9.17, 15) is 4.79 Å². The Hall–Kier alpha value is -3.75. The topological polar surface area (TPSA) is 90.1 Å². The number of ether oxygens (including phenoxy) is 1. The van der Waals surface area contributed by atoms with E-state index in [1.54, 1.807) is 35.9 Å². The predicted molar refractivity (Wildman–Crippen MR) is 203 cm³/mol. The second kappa shape index (κ2) is 18.6. The van der Waals surface area contributed by atoms with Gasteiger partial charge in [0.05, 0.1) is 22.4 Å². The fourth-order valence-corrected chi connectivity index (χ4v) is 6.52. The van der Waals surface area contributed by atoms with E-state index >= 15 is 0 Å². The molecule has 0 radical (unpaired) electrons. The van der Waals surface area contributed by atoms with Crippen molar-refractivity contribution in [3.63, 3.8) is 0 Å². The lowest BCUT2D eigenvalue weighted by molar-refractivity contribution is -0.123. The molecule has 0 aliphatic heterocycles. The summed E-state index contributed by atoms with van der Waals surface area (Å²) in [5, 5.41) is 5.17. The summed E-state index contributed by atoms with van der Waals surface area (Å²) < 4.78 is 6.27. The van der Waals surface area contributed by atoms with Crippen molar-refractivity contribution >= 4 is 62.6 Å². The largest absolute Gasteiger partial charge is 0.481 e. The summed E-state index contributed by atoms with van der Waals surface area (Å²) in [5.41, 5.74) is 10.7. The van der Waals surface area contributed by atoms with Crippen LogP contribution in [0.5, 0.6) is 5.75 Å². The number of aromatic nitrogens is 2. The normalized spacial score (nSPS) is 12.3. The van der Waals surface area contributed by atoms with E-state index in [0.717, 1.165) is 68.0 Å². The smallest absolute Gasteiger partial charge is 0.265 e. The van der Waals surface area contributed by atoms with Crippen molar-refractivity contribution in [2.45, 2.75) is 87.5 Å². The van der Waals surface area contributed by atoms with Crippen LogP contribution < -0.4 is 15.8 Å². The van der Waals surface area contributed by atoms with Gasteiger partial charge in [0.15, 0.2) is 6.10 Å². The second-order valence-corrected chi connectivity index (χ2v) is 13.3. The molecule has 0 aliphatic rings. The Morgan fingerprint density at radius 3 is 2.06 bits per heavy atom. The molecular formula is C39H48N4O2S2. The molecule has 3 N–H and O–H groups in total. The van der Waals surface area contributed by atoms with Crippen LogP contribution >= 0.6 is 23.5 Å². The minimum atomic E-state index is -0.544. The number of thioether (sulfide) groups is 2. The molecule has 0 aliphatic carbocycles. The minimum absolute atomic E-state index is 0.104. The first kappa shape index (κ1) is 36.1. The van der Waals surface area contributed by atoms with Gasteiger partial charge in [0.2, 0.25) is 0 Å². The zero-order chi connectivity index (χ0) is 33.6. The van der Waals surface area contributed by atoms with Gasteiger partial charge in [0.1, 0.15) is 5.75 Å². The molecule has 2 atom stereocenters. The number of carbonyl (C=O) groups is 1. The van der Waals surface area contributed by atoms with Crippen molar-refractivity contribution in [2.24, 2.45) is 0 Å². The summed E-state index contributed by atoms with van der Waals surface area (Å²) in [4.78, 5) is 24.3. The van der Waals surface area contributed by atoms with Crippen LogP contribution in [0, 0.1) is 0 Å². The van der Waals surface area contributed by atoms with Gasteiger partial charge in [0.25, 0.3) is 5.91 Å². The molecule has 0 spiro atoms. The summed E-state index contributed by atoms with van der Waals surface area (Å²) in [5.74, 6) is 1.15. The molecule has 1 amide bonds. The van der Waals surface area contributed by atoms with Crippen LogP contribution in [-0.2, 0) is 4.79 Å². The minimum Gasteiger partial charge on any atom is -0.481 e. The van der Waals surface area contributed by atoms with Gasteiger partial charge < -0.3 is 15.8 Å². The number of anilines is 2. The summed E-state index contributed by atoms with van der Waals surface area (Å²) in [6, 6.07) is 24.1. The molecule has 0 fully saturated rings. The molecular weight excluding hydrogens is 621 g/mol. The standard InChI is InChI=1S/C29H38N2O2S.C10H10N2S/c1-5-7-8-9-10-13-26(33-23-16-14-22(15-17-23)21(3)6-2)29(32)31-28-24-12-11-20-30-25(24)18-19-27(28)34-4;1-13-9-5-4-8-7(10(9)11)3-2-6-12-8/h11-12,14-21,26H,5-10,13H2,1-4H3,(H,31,32);2-6H,11H2,1H3. The molecule has 2 heterocycles. The van der Waals surface area contributed by atoms with Gasteiger partial charge in [-0.3, -0.25) is 14.8 Å². The van der Waals surface area contributed by atoms with Crippen LogP contribution in [0.25, 0.3) is 21.8 Å². The molecule has 2 unspecified atom stereocenters. The van der Waals surface area contributed by atoms with Crippen LogP contribution in [0.15, 0.2) is 95.0 Å². The zero-order valence-corrected chi connectivity index (χ0v) is 29.9. The Balaban J connectivity index is 0.000000318. The molecule has 6 nitrogen and oxygen atoms in total. The molecule has 0 saturated heterocycles.